The van der Waals surface area contributed by atoms with E-state index in [0.29, 0.717) is 17.9 Å². The molecule has 0 aliphatic rings. The number of benzene rings is 1. The van der Waals surface area contributed by atoms with E-state index in [1.165, 1.54) is 0 Å². The summed E-state index contributed by atoms with van der Waals surface area (Å²) in [5, 5.41) is 0. The molecule has 0 atom stereocenters. The SMILES string of the molecule is C[Si](C)(C)O[Si](C)(C)CCCOC(=O)c1cccc(N)c1. The van der Waals surface area contributed by atoms with Crippen molar-refractivity contribution in [1.29, 1.82) is 0 Å². The van der Waals surface area contributed by atoms with Gasteiger partial charge < -0.3 is 14.6 Å². The molecule has 2 N–H and O–H groups in total. The second kappa shape index (κ2) is 7.24. The van der Waals surface area contributed by atoms with Gasteiger partial charge in [0.2, 0.25) is 0 Å². The Morgan fingerprint density at radius 3 is 2.43 bits per heavy atom. The number of esters is 1. The summed E-state index contributed by atoms with van der Waals surface area (Å²) in [4.78, 5) is 11.9. The molecule has 0 heterocycles. The molecule has 1 rings (SSSR count). The maximum atomic E-state index is 11.9. The summed E-state index contributed by atoms with van der Waals surface area (Å²) >= 11 is 0. The van der Waals surface area contributed by atoms with Crippen LogP contribution < -0.4 is 5.73 Å². The lowest BCUT2D eigenvalue weighted by Gasteiger charge is -2.31. The van der Waals surface area contributed by atoms with Crippen LogP contribution in [0, 0.1) is 0 Å². The van der Waals surface area contributed by atoms with E-state index in [1.807, 2.05) is 0 Å². The Balaban J connectivity index is 2.35. The average molecular weight is 326 g/mol. The van der Waals surface area contributed by atoms with E-state index in [4.69, 9.17) is 14.6 Å². The Kier molecular flexibility index (Phi) is 6.18. The maximum absolute atomic E-state index is 11.9. The molecule has 6 heteroatoms. The number of carbonyl (C=O) groups is 1. The van der Waals surface area contributed by atoms with Crippen LogP contribution in [0.2, 0.25) is 38.8 Å². The summed E-state index contributed by atoms with van der Waals surface area (Å²) < 4.78 is 11.5. The summed E-state index contributed by atoms with van der Waals surface area (Å²) in [7, 11) is -3.14. The number of nitrogens with two attached hydrogens (primary N) is 1. The molecule has 0 amide bonds. The molecule has 0 aliphatic heterocycles. The number of hydrogen-bond acceptors (Lipinski definition) is 4. The van der Waals surface area contributed by atoms with Crippen LogP contribution in [0.25, 0.3) is 0 Å². The van der Waals surface area contributed by atoms with Gasteiger partial charge in [0, 0.05) is 5.69 Å². The van der Waals surface area contributed by atoms with E-state index in [1.54, 1.807) is 24.3 Å². The van der Waals surface area contributed by atoms with Gasteiger partial charge >= 0.3 is 5.97 Å². The fourth-order valence-corrected chi connectivity index (χ4v) is 10.3. The summed E-state index contributed by atoms with van der Waals surface area (Å²) in [6.45, 7) is 11.5. The molecule has 0 unspecified atom stereocenters. The van der Waals surface area contributed by atoms with Crippen LogP contribution >= 0.6 is 0 Å². The third-order valence-electron chi connectivity index (χ3n) is 2.86. The zero-order valence-corrected chi connectivity index (χ0v) is 15.7. The first-order valence-electron chi connectivity index (χ1n) is 7.32. The molecule has 0 saturated heterocycles. The van der Waals surface area contributed by atoms with E-state index < -0.39 is 16.6 Å². The van der Waals surface area contributed by atoms with Gasteiger partial charge in [-0.1, -0.05) is 6.07 Å². The van der Waals surface area contributed by atoms with Gasteiger partial charge in [-0.25, -0.2) is 4.79 Å². The van der Waals surface area contributed by atoms with Crippen molar-refractivity contribution in [3.63, 3.8) is 0 Å². The Morgan fingerprint density at radius 1 is 1.19 bits per heavy atom. The molecule has 0 spiro atoms. The van der Waals surface area contributed by atoms with Crippen molar-refractivity contribution in [2.24, 2.45) is 0 Å². The molecule has 0 radical (unpaired) electrons. The molecule has 0 fully saturated rings. The third-order valence-corrected chi connectivity index (χ3v) is 9.08. The van der Waals surface area contributed by atoms with Crippen LogP contribution in [0.3, 0.4) is 0 Å². The monoisotopic (exact) mass is 325 g/mol. The van der Waals surface area contributed by atoms with Crippen LogP contribution in [0.5, 0.6) is 0 Å². The number of anilines is 1. The number of hydrogen-bond donors (Lipinski definition) is 1. The zero-order valence-electron chi connectivity index (χ0n) is 13.7. The van der Waals surface area contributed by atoms with Gasteiger partial charge in [0.25, 0.3) is 0 Å². The second-order valence-electron chi connectivity index (χ2n) is 6.84. The first-order chi connectivity index (χ1) is 9.59. The predicted octanol–water partition coefficient (Wildman–Crippen LogP) is 3.87. The smallest absolute Gasteiger partial charge is 0.338 e. The van der Waals surface area contributed by atoms with Crippen LogP contribution in [0.15, 0.2) is 24.3 Å². The first kappa shape index (κ1) is 17.9. The fourth-order valence-electron chi connectivity index (χ4n) is 2.29. The molecule has 1 aromatic rings. The van der Waals surface area contributed by atoms with Crippen molar-refractivity contribution < 1.29 is 13.6 Å². The van der Waals surface area contributed by atoms with Crippen LogP contribution in [0.1, 0.15) is 16.8 Å². The van der Waals surface area contributed by atoms with E-state index in [-0.39, 0.29) is 5.97 Å². The Labute approximate surface area is 129 Å². The molecule has 0 bridgehead atoms. The molecule has 0 saturated carbocycles. The highest BCUT2D eigenvalue weighted by Gasteiger charge is 2.29. The highest BCUT2D eigenvalue weighted by atomic mass is 28.4. The third kappa shape index (κ3) is 7.45. The predicted molar refractivity (Wildman–Crippen MR) is 92.5 cm³/mol. The molecule has 0 aromatic heterocycles. The summed E-state index contributed by atoms with van der Waals surface area (Å²) in [5.74, 6) is -0.312. The molecule has 1 aromatic carbocycles. The number of rotatable bonds is 7. The summed E-state index contributed by atoms with van der Waals surface area (Å²) in [6.07, 6.45) is 0.845. The van der Waals surface area contributed by atoms with Gasteiger partial charge in [0.15, 0.2) is 16.6 Å². The number of carbonyl (C=O) groups excluding carboxylic acids is 1. The van der Waals surface area contributed by atoms with Crippen molar-refractivity contribution in [3.8, 4) is 0 Å². The van der Waals surface area contributed by atoms with Gasteiger partial charge in [-0.3, -0.25) is 0 Å². The van der Waals surface area contributed by atoms with Crippen LogP contribution in [-0.2, 0) is 8.85 Å². The van der Waals surface area contributed by atoms with Gasteiger partial charge in [-0.05, 0) is 63.4 Å². The van der Waals surface area contributed by atoms with Crippen molar-refractivity contribution in [3.05, 3.63) is 29.8 Å². The summed E-state index contributed by atoms with van der Waals surface area (Å²) in [6, 6.07) is 7.85. The van der Waals surface area contributed by atoms with Gasteiger partial charge in [-0.2, -0.15) is 0 Å². The number of ether oxygens (including phenoxy) is 1. The molecule has 118 valence electrons. The Bertz CT molecular complexity index is 484. The lowest BCUT2D eigenvalue weighted by molar-refractivity contribution is 0.0504. The zero-order chi connectivity index (χ0) is 16.1. The van der Waals surface area contributed by atoms with Gasteiger partial charge in [-0.15, -0.1) is 0 Å². The standard InChI is InChI=1S/C15H27NO3Si2/c1-20(2,3)19-21(4,5)11-7-10-18-15(17)13-8-6-9-14(16)12-13/h6,8-9,12H,7,10-11,16H2,1-5H3. The fraction of sp³-hybridized carbons (Fsp3) is 0.533. The van der Waals surface area contributed by atoms with Crippen LogP contribution in [-0.4, -0.2) is 29.2 Å². The minimum absolute atomic E-state index is 0.312. The lowest BCUT2D eigenvalue weighted by atomic mass is 10.2. The molecule has 21 heavy (non-hydrogen) atoms. The summed E-state index contributed by atoms with van der Waals surface area (Å²) in [5.41, 5.74) is 6.73. The van der Waals surface area contributed by atoms with Crippen molar-refractivity contribution in [2.45, 2.75) is 45.2 Å². The van der Waals surface area contributed by atoms with Crippen molar-refractivity contribution >= 4 is 28.3 Å². The minimum atomic E-state index is -1.65. The Hall–Kier alpha value is -1.12. The van der Waals surface area contributed by atoms with Gasteiger partial charge in [0.1, 0.15) is 0 Å². The number of nitrogen functional groups attached to an aromatic ring is 1. The minimum Gasteiger partial charge on any atom is -0.462 e. The van der Waals surface area contributed by atoms with Crippen molar-refractivity contribution in [1.82, 2.24) is 0 Å². The largest absolute Gasteiger partial charge is 0.462 e. The quantitative estimate of drug-likeness (QED) is 0.358. The van der Waals surface area contributed by atoms with E-state index >= 15 is 0 Å². The topological polar surface area (TPSA) is 61.5 Å². The van der Waals surface area contributed by atoms with Gasteiger partial charge in [0.05, 0.1) is 12.2 Å². The van der Waals surface area contributed by atoms with E-state index in [9.17, 15) is 4.79 Å². The lowest BCUT2D eigenvalue weighted by Crippen LogP contribution is -2.42. The maximum Gasteiger partial charge on any atom is 0.338 e. The highest BCUT2D eigenvalue weighted by molar-refractivity contribution is 6.84. The van der Waals surface area contributed by atoms with E-state index in [0.717, 1.165) is 12.5 Å². The molecular formula is C15H27NO3Si2. The van der Waals surface area contributed by atoms with Crippen molar-refractivity contribution in [2.75, 3.05) is 12.3 Å². The highest BCUT2D eigenvalue weighted by Crippen LogP contribution is 2.20. The molecule has 0 aliphatic carbocycles. The normalized spacial score (nSPS) is 12.2. The molecule has 4 nitrogen and oxygen atoms in total. The average Bonchev–Trinajstić information content (AvgIpc) is 2.31. The van der Waals surface area contributed by atoms with Crippen LogP contribution in [0.4, 0.5) is 5.69 Å². The van der Waals surface area contributed by atoms with E-state index in [2.05, 4.69) is 32.7 Å². The Morgan fingerprint density at radius 2 is 1.86 bits per heavy atom. The molecular weight excluding hydrogens is 298 g/mol. The second-order valence-corrected chi connectivity index (χ2v) is 15.9. The first-order valence-corrected chi connectivity index (χ1v) is 13.8.